The van der Waals surface area contributed by atoms with Crippen molar-refractivity contribution in [3.8, 4) is 5.75 Å². The summed E-state index contributed by atoms with van der Waals surface area (Å²) < 4.78 is 10.4. The number of nitrogen functional groups attached to an aromatic ring is 1. The lowest BCUT2D eigenvalue weighted by Crippen LogP contribution is -2.57. The Kier molecular flexibility index (Phi) is 3.98. The van der Waals surface area contributed by atoms with E-state index in [1.807, 2.05) is 4.90 Å². The standard InChI is InChI=1S/C15H21N3O3/c1-20-14-8-11(2-3-13(14)16)15(19)18-6-4-17(5-7-18)12-9-21-10-12/h2-3,8,12H,4-7,9-10,16H2,1H3. The average Bonchev–Trinajstić information content (AvgIpc) is 2.46. The summed E-state index contributed by atoms with van der Waals surface area (Å²) in [7, 11) is 1.55. The van der Waals surface area contributed by atoms with Crippen LogP contribution in [0.2, 0.25) is 0 Å². The first-order valence-electron chi connectivity index (χ1n) is 7.23. The maximum absolute atomic E-state index is 12.5. The summed E-state index contributed by atoms with van der Waals surface area (Å²) in [5.41, 5.74) is 6.95. The van der Waals surface area contributed by atoms with Gasteiger partial charge in [-0.25, -0.2) is 0 Å². The van der Waals surface area contributed by atoms with E-state index in [0.29, 0.717) is 23.0 Å². The van der Waals surface area contributed by atoms with Crippen LogP contribution in [0.25, 0.3) is 0 Å². The Bertz CT molecular complexity index is 523. The Labute approximate surface area is 124 Å². The van der Waals surface area contributed by atoms with Gasteiger partial charge in [0.15, 0.2) is 0 Å². The zero-order valence-electron chi connectivity index (χ0n) is 12.2. The fraction of sp³-hybridized carbons (Fsp3) is 0.533. The summed E-state index contributed by atoms with van der Waals surface area (Å²) in [5.74, 6) is 0.587. The van der Waals surface area contributed by atoms with Gasteiger partial charge in [0, 0.05) is 31.7 Å². The summed E-state index contributed by atoms with van der Waals surface area (Å²) in [5, 5.41) is 0. The van der Waals surface area contributed by atoms with E-state index in [0.717, 1.165) is 39.4 Å². The van der Waals surface area contributed by atoms with Crippen LogP contribution in [0.15, 0.2) is 18.2 Å². The molecule has 0 saturated carbocycles. The van der Waals surface area contributed by atoms with E-state index in [1.165, 1.54) is 0 Å². The first-order valence-corrected chi connectivity index (χ1v) is 7.23. The number of carbonyl (C=O) groups is 1. The van der Waals surface area contributed by atoms with E-state index in [1.54, 1.807) is 25.3 Å². The summed E-state index contributed by atoms with van der Waals surface area (Å²) in [6, 6.07) is 5.73. The zero-order valence-corrected chi connectivity index (χ0v) is 12.2. The molecule has 2 aliphatic rings. The molecule has 0 atom stereocenters. The first kappa shape index (κ1) is 14.2. The van der Waals surface area contributed by atoms with Gasteiger partial charge in [-0.1, -0.05) is 0 Å². The van der Waals surface area contributed by atoms with Crippen molar-refractivity contribution in [1.82, 2.24) is 9.80 Å². The molecule has 6 heteroatoms. The number of hydrogen-bond acceptors (Lipinski definition) is 5. The van der Waals surface area contributed by atoms with Crippen LogP contribution >= 0.6 is 0 Å². The number of nitrogens with two attached hydrogens (primary N) is 1. The van der Waals surface area contributed by atoms with Gasteiger partial charge in [0.2, 0.25) is 0 Å². The molecule has 2 fully saturated rings. The molecule has 0 unspecified atom stereocenters. The third-order valence-electron chi connectivity index (χ3n) is 4.22. The lowest BCUT2D eigenvalue weighted by Gasteiger charge is -2.42. The van der Waals surface area contributed by atoms with Crippen LogP contribution in [0.5, 0.6) is 5.75 Å². The van der Waals surface area contributed by atoms with Crippen LogP contribution in [-0.2, 0) is 4.74 Å². The number of methoxy groups -OCH3 is 1. The van der Waals surface area contributed by atoms with Crippen LogP contribution in [0.1, 0.15) is 10.4 Å². The molecule has 0 radical (unpaired) electrons. The van der Waals surface area contributed by atoms with Gasteiger partial charge in [0.25, 0.3) is 5.91 Å². The summed E-state index contributed by atoms with van der Waals surface area (Å²) in [6.45, 7) is 4.97. The van der Waals surface area contributed by atoms with Crippen LogP contribution in [0.3, 0.4) is 0 Å². The van der Waals surface area contributed by atoms with Gasteiger partial charge < -0.3 is 20.1 Å². The van der Waals surface area contributed by atoms with Gasteiger partial charge in [-0.3, -0.25) is 9.69 Å². The van der Waals surface area contributed by atoms with E-state index in [9.17, 15) is 4.79 Å². The minimum absolute atomic E-state index is 0.0396. The molecule has 1 aromatic carbocycles. The molecule has 2 saturated heterocycles. The van der Waals surface area contributed by atoms with E-state index < -0.39 is 0 Å². The largest absolute Gasteiger partial charge is 0.495 e. The van der Waals surface area contributed by atoms with Crippen molar-refractivity contribution >= 4 is 11.6 Å². The van der Waals surface area contributed by atoms with Crippen molar-refractivity contribution in [3.63, 3.8) is 0 Å². The average molecular weight is 291 g/mol. The highest BCUT2D eigenvalue weighted by molar-refractivity contribution is 5.95. The highest BCUT2D eigenvalue weighted by Crippen LogP contribution is 2.23. The van der Waals surface area contributed by atoms with Crippen molar-refractivity contribution in [2.45, 2.75) is 6.04 Å². The van der Waals surface area contributed by atoms with Crippen molar-refractivity contribution in [2.75, 3.05) is 52.2 Å². The number of carbonyl (C=O) groups excluding carboxylic acids is 1. The van der Waals surface area contributed by atoms with Gasteiger partial charge in [0.1, 0.15) is 5.75 Å². The molecule has 2 heterocycles. The summed E-state index contributed by atoms with van der Waals surface area (Å²) in [6.07, 6.45) is 0. The Morgan fingerprint density at radius 2 is 2.00 bits per heavy atom. The normalized spacial score (nSPS) is 20.1. The number of nitrogens with zero attached hydrogens (tertiary/aromatic N) is 2. The highest BCUT2D eigenvalue weighted by Gasteiger charge is 2.30. The van der Waals surface area contributed by atoms with Crippen molar-refractivity contribution < 1.29 is 14.3 Å². The predicted molar refractivity (Wildman–Crippen MR) is 79.5 cm³/mol. The fourth-order valence-corrected chi connectivity index (χ4v) is 2.75. The number of piperazine rings is 1. The minimum atomic E-state index is 0.0396. The molecule has 114 valence electrons. The van der Waals surface area contributed by atoms with E-state index in [4.69, 9.17) is 15.2 Å². The molecule has 0 aromatic heterocycles. The molecule has 6 nitrogen and oxygen atoms in total. The molecular weight excluding hydrogens is 270 g/mol. The third kappa shape index (κ3) is 2.82. The Morgan fingerprint density at radius 3 is 2.57 bits per heavy atom. The number of amides is 1. The van der Waals surface area contributed by atoms with E-state index in [2.05, 4.69) is 4.90 Å². The molecule has 3 rings (SSSR count). The molecule has 1 aromatic rings. The predicted octanol–water partition coefficient (Wildman–Crippen LogP) is 0.434. The van der Waals surface area contributed by atoms with Gasteiger partial charge >= 0.3 is 0 Å². The smallest absolute Gasteiger partial charge is 0.254 e. The molecule has 2 N–H and O–H groups in total. The molecule has 0 bridgehead atoms. The van der Waals surface area contributed by atoms with Crippen molar-refractivity contribution in [3.05, 3.63) is 23.8 Å². The summed E-state index contributed by atoms with van der Waals surface area (Å²) in [4.78, 5) is 16.8. The van der Waals surface area contributed by atoms with Gasteiger partial charge in [-0.15, -0.1) is 0 Å². The van der Waals surface area contributed by atoms with Crippen LogP contribution in [-0.4, -0.2) is 68.3 Å². The Morgan fingerprint density at radius 1 is 1.29 bits per heavy atom. The number of ether oxygens (including phenoxy) is 2. The molecular formula is C15H21N3O3. The van der Waals surface area contributed by atoms with Crippen molar-refractivity contribution in [1.29, 1.82) is 0 Å². The van der Waals surface area contributed by atoms with E-state index >= 15 is 0 Å². The Hall–Kier alpha value is -1.79. The topological polar surface area (TPSA) is 68.0 Å². The van der Waals surface area contributed by atoms with Crippen molar-refractivity contribution in [2.24, 2.45) is 0 Å². The maximum Gasteiger partial charge on any atom is 0.254 e. The van der Waals surface area contributed by atoms with E-state index in [-0.39, 0.29) is 5.91 Å². The van der Waals surface area contributed by atoms with Gasteiger partial charge in [-0.05, 0) is 18.2 Å². The monoisotopic (exact) mass is 291 g/mol. The Balaban J connectivity index is 1.63. The lowest BCUT2D eigenvalue weighted by molar-refractivity contribution is -0.0746. The molecule has 2 aliphatic heterocycles. The van der Waals surface area contributed by atoms with Crippen LogP contribution < -0.4 is 10.5 Å². The highest BCUT2D eigenvalue weighted by atomic mass is 16.5. The molecule has 0 aliphatic carbocycles. The fourth-order valence-electron chi connectivity index (χ4n) is 2.75. The number of hydrogen-bond donors (Lipinski definition) is 1. The van der Waals surface area contributed by atoms with Gasteiger partial charge in [0.05, 0.1) is 32.1 Å². The van der Waals surface area contributed by atoms with Gasteiger partial charge in [-0.2, -0.15) is 0 Å². The second-order valence-electron chi connectivity index (χ2n) is 5.48. The SMILES string of the molecule is COc1cc(C(=O)N2CCN(C3COC3)CC2)ccc1N. The number of rotatable bonds is 3. The number of benzene rings is 1. The third-order valence-corrected chi connectivity index (χ3v) is 4.22. The first-order chi connectivity index (χ1) is 10.2. The quantitative estimate of drug-likeness (QED) is 0.818. The van der Waals surface area contributed by atoms with Crippen LogP contribution in [0, 0.1) is 0 Å². The minimum Gasteiger partial charge on any atom is -0.495 e. The van der Waals surface area contributed by atoms with Crippen LogP contribution in [0.4, 0.5) is 5.69 Å². The summed E-state index contributed by atoms with van der Waals surface area (Å²) >= 11 is 0. The zero-order chi connectivity index (χ0) is 14.8. The second kappa shape index (κ2) is 5.91. The lowest BCUT2D eigenvalue weighted by atomic mass is 10.1. The molecule has 1 amide bonds. The second-order valence-corrected chi connectivity index (χ2v) is 5.48. The molecule has 21 heavy (non-hydrogen) atoms. The number of anilines is 1. The maximum atomic E-state index is 12.5. The molecule has 0 spiro atoms.